The molecule has 1 saturated carbocycles. The third kappa shape index (κ3) is 2.93. The molecule has 0 saturated heterocycles. The van der Waals surface area contributed by atoms with E-state index in [4.69, 9.17) is 5.73 Å². The fraction of sp³-hybridized carbons (Fsp3) is 0.316. The number of hydrogen-bond acceptors (Lipinski definition) is 2. The van der Waals surface area contributed by atoms with Gasteiger partial charge in [0.05, 0.1) is 0 Å². The molecule has 120 valence electrons. The van der Waals surface area contributed by atoms with E-state index in [0.717, 1.165) is 17.7 Å². The van der Waals surface area contributed by atoms with Crippen molar-refractivity contribution in [1.29, 1.82) is 0 Å². The van der Waals surface area contributed by atoms with Crippen LogP contribution in [0, 0.1) is 5.92 Å². The fourth-order valence-electron chi connectivity index (χ4n) is 3.82. The largest absolute Gasteiger partial charge is 0.399 e. The van der Waals surface area contributed by atoms with E-state index in [1.165, 1.54) is 11.1 Å². The maximum Gasteiger partial charge on any atom is 0.220 e. The first-order chi connectivity index (χ1) is 10.7. The van der Waals surface area contributed by atoms with Crippen molar-refractivity contribution in [3.63, 3.8) is 0 Å². The molecule has 0 radical (unpaired) electrons. The number of hydrogen-bond donors (Lipinski definition) is 2. The lowest BCUT2D eigenvalue weighted by atomic mass is 10.0. The van der Waals surface area contributed by atoms with Gasteiger partial charge < -0.3 is 11.1 Å². The zero-order chi connectivity index (χ0) is 15.1. The molecule has 4 rings (SSSR count). The molecule has 1 amide bonds. The molecule has 3 nitrogen and oxygen atoms in total. The number of amides is 1. The fourth-order valence-corrected chi connectivity index (χ4v) is 3.82. The number of aryl methyl sites for hydroxylation is 1. The Morgan fingerprint density at radius 2 is 1.87 bits per heavy atom. The smallest absolute Gasteiger partial charge is 0.220 e. The first kappa shape index (κ1) is 15.9. The van der Waals surface area contributed by atoms with Gasteiger partial charge in [-0.3, -0.25) is 4.79 Å². The van der Waals surface area contributed by atoms with Crippen molar-refractivity contribution in [1.82, 2.24) is 5.32 Å². The van der Waals surface area contributed by atoms with Gasteiger partial charge in [-0.2, -0.15) is 0 Å². The Balaban J connectivity index is 0.00000156. The number of carbonyl (C=O) groups is 1. The predicted molar refractivity (Wildman–Crippen MR) is 94.7 cm³/mol. The molecule has 2 aliphatic rings. The Bertz CT molecular complexity index is 731. The Morgan fingerprint density at radius 3 is 2.70 bits per heavy atom. The summed E-state index contributed by atoms with van der Waals surface area (Å²) in [5.41, 5.74) is 10.6. The zero-order valence-corrected chi connectivity index (χ0v) is 13.7. The van der Waals surface area contributed by atoms with Crippen LogP contribution in [0.15, 0.2) is 48.5 Å². The molecule has 2 aromatic carbocycles. The summed E-state index contributed by atoms with van der Waals surface area (Å²) in [6.07, 6.45) is 2.32. The van der Waals surface area contributed by atoms with Gasteiger partial charge in [-0.1, -0.05) is 42.5 Å². The minimum atomic E-state index is 0. The third-order valence-corrected chi connectivity index (χ3v) is 5.04. The van der Waals surface area contributed by atoms with E-state index in [9.17, 15) is 4.79 Å². The average molecular weight is 329 g/mol. The highest BCUT2D eigenvalue weighted by Gasteiger charge is 2.56. The normalized spacial score (nSPS) is 23.4. The van der Waals surface area contributed by atoms with Gasteiger partial charge in [0.25, 0.3) is 0 Å². The molecule has 0 spiro atoms. The number of nitrogens with two attached hydrogens (primary N) is 1. The standard InChI is InChI=1S/C19H20N2O.ClH/c20-16-8-4-2-5-12(16)9-10-17(22)21-19-15-11-13-6-1-3-7-14(13)18(15)19;/h1-8,15,18-19H,9-11,20H2,(H,21,22);1H. The maximum absolute atomic E-state index is 12.2. The third-order valence-electron chi connectivity index (χ3n) is 5.04. The number of anilines is 1. The van der Waals surface area contributed by atoms with Crippen LogP contribution in [0.2, 0.25) is 0 Å². The van der Waals surface area contributed by atoms with E-state index in [-0.39, 0.29) is 18.3 Å². The second-order valence-electron chi connectivity index (χ2n) is 6.38. The van der Waals surface area contributed by atoms with E-state index in [1.807, 2.05) is 24.3 Å². The molecule has 4 heteroatoms. The van der Waals surface area contributed by atoms with Crippen LogP contribution in [-0.2, 0) is 17.6 Å². The highest BCUT2D eigenvalue weighted by molar-refractivity contribution is 5.85. The van der Waals surface area contributed by atoms with Crippen LogP contribution in [-0.4, -0.2) is 11.9 Å². The minimum Gasteiger partial charge on any atom is -0.399 e. The summed E-state index contributed by atoms with van der Waals surface area (Å²) >= 11 is 0. The van der Waals surface area contributed by atoms with Crippen molar-refractivity contribution in [2.45, 2.75) is 31.2 Å². The number of carbonyl (C=O) groups excluding carboxylic acids is 1. The van der Waals surface area contributed by atoms with Crippen LogP contribution in [0.25, 0.3) is 0 Å². The van der Waals surface area contributed by atoms with Crippen LogP contribution >= 0.6 is 12.4 Å². The molecule has 0 bridgehead atoms. The van der Waals surface area contributed by atoms with Crippen molar-refractivity contribution >= 4 is 24.0 Å². The SMILES string of the molecule is Cl.Nc1ccccc1CCC(=O)NC1C2Cc3ccccc3C21. The van der Waals surface area contributed by atoms with Crippen LogP contribution < -0.4 is 11.1 Å². The van der Waals surface area contributed by atoms with Crippen molar-refractivity contribution in [3.05, 3.63) is 65.2 Å². The lowest BCUT2D eigenvalue weighted by molar-refractivity contribution is -0.121. The summed E-state index contributed by atoms with van der Waals surface area (Å²) in [6.45, 7) is 0. The first-order valence-electron chi connectivity index (χ1n) is 7.94. The van der Waals surface area contributed by atoms with Crippen LogP contribution in [0.4, 0.5) is 5.69 Å². The number of rotatable bonds is 4. The molecule has 2 aromatic rings. The van der Waals surface area contributed by atoms with Gasteiger partial charge in [-0.25, -0.2) is 0 Å². The molecular weight excluding hydrogens is 308 g/mol. The zero-order valence-electron chi connectivity index (χ0n) is 12.9. The summed E-state index contributed by atoms with van der Waals surface area (Å²) in [5.74, 6) is 1.30. The Hall–Kier alpha value is -2.00. The summed E-state index contributed by atoms with van der Waals surface area (Å²) in [6, 6.07) is 16.7. The number of para-hydroxylation sites is 1. The van der Waals surface area contributed by atoms with Gasteiger partial charge in [-0.05, 0) is 41.5 Å². The first-order valence-corrected chi connectivity index (χ1v) is 7.94. The summed E-state index contributed by atoms with van der Waals surface area (Å²) in [7, 11) is 0. The van der Waals surface area contributed by atoms with Crippen LogP contribution in [0.3, 0.4) is 0 Å². The molecule has 0 heterocycles. The van der Waals surface area contributed by atoms with Crippen LogP contribution in [0.5, 0.6) is 0 Å². The molecule has 3 N–H and O–H groups in total. The van der Waals surface area contributed by atoms with Crippen molar-refractivity contribution in [3.8, 4) is 0 Å². The van der Waals surface area contributed by atoms with Crippen molar-refractivity contribution in [2.75, 3.05) is 5.73 Å². The molecule has 0 aliphatic heterocycles. The van der Waals surface area contributed by atoms with Gasteiger partial charge in [0.1, 0.15) is 0 Å². The Kier molecular flexibility index (Phi) is 4.31. The topological polar surface area (TPSA) is 55.1 Å². The molecule has 23 heavy (non-hydrogen) atoms. The van der Waals surface area contributed by atoms with Crippen molar-refractivity contribution in [2.24, 2.45) is 5.92 Å². The summed E-state index contributed by atoms with van der Waals surface area (Å²) in [4.78, 5) is 12.2. The molecule has 3 atom stereocenters. The monoisotopic (exact) mass is 328 g/mol. The number of fused-ring (bicyclic) bond motifs is 3. The van der Waals surface area contributed by atoms with Gasteiger partial charge in [-0.15, -0.1) is 12.4 Å². The quantitative estimate of drug-likeness (QED) is 0.847. The average Bonchev–Trinajstić information content (AvgIpc) is 3.04. The minimum absolute atomic E-state index is 0. The van der Waals surface area contributed by atoms with Gasteiger partial charge >= 0.3 is 0 Å². The number of benzene rings is 2. The lowest BCUT2D eigenvalue weighted by Gasteiger charge is -2.10. The summed E-state index contributed by atoms with van der Waals surface area (Å²) < 4.78 is 0. The number of halogens is 1. The molecule has 2 aliphatic carbocycles. The molecule has 1 fully saturated rings. The maximum atomic E-state index is 12.2. The van der Waals surface area contributed by atoms with Crippen molar-refractivity contribution < 1.29 is 4.79 Å². The molecule has 3 unspecified atom stereocenters. The second kappa shape index (κ2) is 6.25. The molecular formula is C19H21ClN2O. The Labute approximate surface area is 142 Å². The lowest BCUT2D eigenvalue weighted by Crippen LogP contribution is -2.29. The highest BCUT2D eigenvalue weighted by Crippen LogP contribution is 2.56. The van der Waals surface area contributed by atoms with E-state index < -0.39 is 0 Å². The number of nitrogen functional groups attached to an aromatic ring is 1. The van der Waals surface area contributed by atoms with Gasteiger partial charge in [0, 0.05) is 24.1 Å². The van der Waals surface area contributed by atoms with E-state index in [0.29, 0.717) is 30.7 Å². The number of nitrogens with one attached hydrogen (secondary N) is 1. The Morgan fingerprint density at radius 1 is 1.13 bits per heavy atom. The van der Waals surface area contributed by atoms with E-state index in [2.05, 4.69) is 29.6 Å². The summed E-state index contributed by atoms with van der Waals surface area (Å²) in [5, 5.41) is 3.21. The van der Waals surface area contributed by atoms with E-state index in [1.54, 1.807) is 0 Å². The van der Waals surface area contributed by atoms with Gasteiger partial charge in [0.15, 0.2) is 0 Å². The predicted octanol–water partition coefficient (Wildman–Crippen LogP) is 3.08. The highest BCUT2D eigenvalue weighted by atomic mass is 35.5. The van der Waals surface area contributed by atoms with E-state index >= 15 is 0 Å². The molecule has 0 aromatic heterocycles. The van der Waals surface area contributed by atoms with Gasteiger partial charge in [0.2, 0.25) is 5.91 Å². The van der Waals surface area contributed by atoms with Crippen LogP contribution in [0.1, 0.15) is 29.0 Å². The second-order valence-corrected chi connectivity index (χ2v) is 6.38.